The number of methoxy groups -OCH3 is 2. The van der Waals surface area contributed by atoms with Crippen molar-refractivity contribution < 1.29 is 22.7 Å². The van der Waals surface area contributed by atoms with Gasteiger partial charge in [0, 0.05) is 34.4 Å². The lowest BCUT2D eigenvalue weighted by Crippen LogP contribution is -2.38. The molecule has 1 amide bonds. The summed E-state index contributed by atoms with van der Waals surface area (Å²) in [7, 11) is -0.868. The van der Waals surface area contributed by atoms with Gasteiger partial charge < -0.3 is 9.47 Å². The van der Waals surface area contributed by atoms with Crippen LogP contribution in [0.2, 0.25) is 10.0 Å². The number of anilines is 1. The van der Waals surface area contributed by atoms with E-state index < -0.39 is 22.5 Å². The molecule has 4 rings (SSSR count). The number of halogens is 2. The summed E-state index contributed by atoms with van der Waals surface area (Å²) < 4.78 is 39.8. The van der Waals surface area contributed by atoms with Crippen LogP contribution in [0, 0.1) is 0 Å². The van der Waals surface area contributed by atoms with Crippen LogP contribution in [0.5, 0.6) is 11.5 Å². The van der Waals surface area contributed by atoms with Crippen LogP contribution in [0.15, 0.2) is 77.8 Å². The van der Waals surface area contributed by atoms with Crippen LogP contribution in [0.4, 0.5) is 5.95 Å². The van der Waals surface area contributed by atoms with Gasteiger partial charge in [-0.05, 0) is 48.5 Å². The van der Waals surface area contributed by atoms with Gasteiger partial charge in [-0.15, -0.1) is 0 Å². The first-order valence-corrected chi connectivity index (χ1v) is 14.0. The maximum atomic E-state index is 13.2. The van der Waals surface area contributed by atoms with Gasteiger partial charge in [0.05, 0.1) is 37.0 Å². The van der Waals surface area contributed by atoms with E-state index in [2.05, 4.69) is 10.3 Å². The van der Waals surface area contributed by atoms with Crippen molar-refractivity contribution >= 4 is 45.1 Å². The number of carbonyl (C=O) groups is 1. The lowest BCUT2D eigenvalue weighted by molar-refractivity contribution is -0.116. The zero-order chi connectivity index (χ0) is 28.2. The first-order valence-electron chi connectivity index (χ1n) is 11.8. The average molecular weight is 590 g/mol. The van der Waals surface area contributed by atoms with Crippen molar-refractivity contribution in [1.29, 1.82) is 0 Å². The number of likely N-dealkylation sites (N-methyl/N-ethyl adjacent to an activating group) is 1. The van der Waals surface area contributed by atoms with Gasteiger partial charge in [-0.2, -0.15) is 4.31 Å². The van der Waals surface area contributed by atoms with Gasteiger partial charge in [0.15, 0.2) is 11.5 Å². The molecule has 0 saturated carbocycles. The smallest absolute Gasteiger partial charge is 0.243 e. The minimum Gasteiger partial charge on any atom is -0.493 e. The van der Waals surface area contributed by atoms with E-state index in [1.165, 1.54) is 38.5 Å². The van der Waals surface area contributed by atoms with E-state index in [4.69, 9.17) is 32.7 Å². The molecule has 12 heteroatoms. The summed E-state index contributed by atoms with van der Waals surface area (Å²) >= 11 is 11.9. The number of nitrogens with zero attached hydrogens (tertiary/aromatic N) is 3. The van der Waals surface area contributed by atoms with Crippen LogP contribution >= 0.6 is 23.2 Å². The highest BCUT2D eigenvalue weighted by atomic mass is 35.5. The quantitative estimate of drug-likeness (QED) is 0.262. The fourth-order valence-corrected chi connectivity index (χ4v) is 5.50. The molecule has 39 heavy (non-hydrogen) atoms. The van der Waals surface area contributed by atoms with Crippen molar-refractivity contribution in [3.8, 4) is 28.4 Å². The lowest BCUT2D eigenvalue weighted by Gasteiger charge is -2.20. The third kappa shape index (κ3) is 6.36. The summed E-state index contributed by atoms with van der Waals surface area (Å²) in [6, 6.07) is 18.1. The Morgan fingerprint density at radius 2 is 1.56 bits per heavy atom. The average Bonchev–Trinajstić information content (AvgIpc) is 3.35. The SMILES string of the molecule is CCN(CC(=O)Nc1nc(-c2ccc(Cl)cc2)cn1-c1ccc(OC)c(OC)c1)S(=O)(=O)c1ccc(Cl)cc1. The normalized spacial score (nSPS) is 11.4. The Balaban J connectivity index is 1.67. The fraction of sp³-hybridized carbons (Fsp3) is 0.185. The Morgan fingerprint density at radius 1 is 0.949 bits per heavy atom. The van der Waals surface area contributed by atoms with Crippen molar-refractivity contribution in [1.82, 2.24) is 13.9 Å². The van der Waals surface area contributed by atoms with Gasteiger partial charge >= 0.3 is 0 Å². The van der Waals surface area contributed by atoms with E-state index in [-0.39, 0.29) is 17.4 Å². The predicted molar refractivity (Wildman–Crippen MR) is 152 cm³/mol. The highest BCUT2D eigenvalue weighted by Gasteiger charge is 2.26. The Hall–Kier alpha value is -3.57. The Labute approximate surface area is 236 Å². The summed E-state index contributed by atoms with van der Waals surface area (Å²) in [5, 5.41) is 3.75. The number of imidazole rings is 1. The number of hydrogen-bond acceptors (Lipinski definition) is 6. The van der Waals surface area contributed by atoms with Gasteiger partial charge in [-0.1, -0.05) is 42.3 Å². The zero-order valence-corrected chi connectivity index (χ0v) is 23.7. The first kappa shape index (κ1) is 28.4. The van der Waals surface area contributed by atoms with Gasteiger partial charge in [-0.25, -0.2) is 13.4 Å². The monoisotopic (exact) mass is 588 g/mol. The van der Waals surface area contributed by atoms with Crippen molar-refractivity contribution in [2.75, 3.05) is 32.6 Å². The van der Waals surface area contributed by atoms with Gasteiger partial charge in [0.2, 0.25) is 21.9 Å². The van der Waals surface area contributed by atoms with E-state index >= 15 is 0 Å². The number of nitrogens with one attached hydrogen (secondary N) is 1. The lowest BCUT2D eigenvalue weighted by atomic mass is 10.2. The molecule has 4 aromatic rings. The van der Waals surface area contributed by atoms with Crippen LogP contribution in [-0.2, 0) is 14.8 Å². The highest BCUT2D eigenvalue weighted by molar-refractivity contribution is 7.89. The topological polar surface area (TPSA) is 103 Å². The van der Waals surface area contributed by atoms with Crippen LogP contribution in [0.3, 0.4) is 0 Å². The molecule has 0 atom stereocenters. The number of rotatable bonds is 10. The number of hydrogen-bond donors (Lipinski definition) is 1. The Bertz CT molecular complexity index is 1570. The molecule has 0 aliphatic heterocycles. The molecule has 204 valence electrons. The second-order valence-electron chi connectivity index (χ2n) is 8.30. The summed E-state index contributed by atoms with van der Waals surface area (Å²) in [6.45, 7) is 1.32. The number of carbonyl (C=O) groups excluding carboxylic acids is 1. The molecule has 0 spiro atoms. The van der Waals surface area contributed by atoms with E-state index in [0.717, 1.165) is 9.87 Å². The molecule has 1 aromatic heterocycles. The zero-order valence-electron chi connectivity index (χ0n) is 21.4. The molecule has 3 aromatic carbocycles. The Morgan fingerprint density at radius 3 is 2.15 bits per heavy atom. The summed E-state index contributed by atoms with van der Waals surface area (Å²) in [5.74, 6) is 0.651. The molecule has 0 unspecified atom stereocenters. The molecule has 0 saturated heterocycles. The maximum absolute atomic E-state index is 13.2. The summed E-state index contributed by atoms with van der Waals surface area (Å²) in [4.78, 5) is 17.8. The van der Waals surface area contributed by atoms with Crippen LogP contribution in [-0.4, -0.2) is 55.5 Å². The molecule has 1 N–H and O–H groups in total. The van der Waals surface area contributed by atoms with E-state index in [1.807, 2.05) is 12.1 Å². The second-order valence-corrected chi connectivity index (χ2v) is 11.1. The maximum Gasteiger partial charge on any atom is 0.243 e. The number of ether oxygens (including phenoxy) is 2. The van der Waals surface area contributed by atoms with Gasteiger partial charge in [-0.3, -0.25) is 14.7 Å². The van der Waals surface area contributed by atoms with Crippen LogP contribution < -0.4 is 14.8 Å². The Kier molecular flexibility index (Phi) is 8.81. The fourth-order valence-electron chi connectivity index (χ4n) is 3.85. The molecule has 0 fully saturated rings. The van der Waals surface area contributed by atoms with Crippen molar-refractivity contribution in [3.63, 3.8) is 0 Å². The van der Waals surface area contributed by atoms with Crippen LogP contribution in [0.25, 0.3) is 16.9 Å². The number of aromatic nitrogens is 2. The molecule has 1 heterocycles. The molecule has 0 bridgehead atoms. The standard InChI is InChI=1S/C27H26Cl2N4O5S/c1-4-32(39(35,36)22-12-9-20(29)10-13-22)17-26(34)31-27-30-23(18-5-7-19(28)8-6-18)16-33(27)21-11-14-24(37-2)25(15-21)38-3/h5-16H,4,17H2,1-3H3,(H,30,31,34). The largest absolute Gasteiger partial charge is 0.493 e. The molecule has 9 nitrogen and oxygen atoms in total. The highest BCUT2D eigenvalue weighted by Crippen LogP contribution is 2.32. The molecule has 0 radical (unpaired) electrons. The minimum atomic E-state index is -3.93. The van der Waals surface area contributed by atoms with Gasteiger partial charge in [0.1, 0.15) is 0 Å². The van der Waals surface area contributed by atoms with E-state index in [0.29, 0.717) is 32.9 Å². The third-order valence-corrected chi connectivity index (χ3v) is 8.31. The second kappa shape index (κ2) is 12.1. The summed E-state index contributed by atoms with van der Waals surface area (Å²) in [5.41, 5.74) is 1.98. The number of amides is 1. The molecular weight excluding hydrogens is 563 g/mol. The van der Waals surface area contributed by atoms with E-state index in [1.54, 1.807) is 48.0 Å². The van der Waals surface area contributed by atoms with Crippen LogP contribution in [0.1, 0.15) is 6.92 Å². The third-order valence-electron chi connectivity index (χ3n) is 5.87. The van der Waals surface area contributed by atoms with Crippen molar-refractivity contribution in [3.05, 3.63) is 83.0 Å². The minimum absolute atomic E-state index is 0.0402. The molecular formula is C27H26Cl2N4O5S. The van der Waals surface area contributed by atoms with Gasteiger partial charge in [0.25, 0.3) is 0 Å². The van der Waals surface area contributed by atoms with Crippen molar-refractivity contribution in [2.24, 2.45) is 0 Å². The number of benzene rings is 3. The summed E-state index contributed by atoms with van der Waals surface area (Å²) in [6.07, 6.45) is 1.75. The van der Waals surface area contributed by atoms with E-state index in [9.17, 15) is 13.2 Å². The molecule has 0 aliphatic rings. The molecule has 0 aliphatic carbocycles. The predicted octanol–water partition coefficient (Wildman–Crippen LogP) is 5.51. The first-order chi connectivity index (χ1) is 18.7. The van der Waals surface area contributed by atoms with Crippen molar-refractivity contribution in [2.45, 2.75) is 11.8 Å². The number of sulfonamides is 1.